The summed E-state index contributed by atoms with van der Waals surface area (Å²) in [6.45, 7) is 0.992. The Morgan fingerprint density at radius 1 is 1.32 bits per heavy atom. The second kappa shape index (κ2) is 4.11. The van der Waals surface area contributed by atoms with Gasteiger partial charge in [-0.25, -0.2) is 4.98 Å². The van der Waals surface area contributed by atoms with Crippen LogP contribution < -0.4 is 5.32 Å². The predicted molar refractivity (Wildman–Crippen MR) is 73.3 cm³/mol. The Balaban J connectivity index is 1.86. The lowest BCUT2D eigenvalue weighted by Gasteiger charge is -2.28. The van der Waals surface area contributed by atoms with Crippen molar-refractivity contribution in [3.05, 3.63) is 29.3 Å². The molecule has 0 spiro atoms. The van der Waals surface area contributed by atoms with Crippen LogP contribution in [0.5, 0.6) is 0 Å². The fourth-order valence-electron chi connectivity index (χ4n) is 3.46. The maximum absolute atomic E-state index is 4.80. The lowest BCUT2D eigenvalue weighted by molar-refractivity contribution is 0.471. The van der Waals surface area contributed by atoms with E-state index in [2.05, 4.69) is 21.0 Å². The third kappa shape index (κ3) is 1.60. The van der Waals surface area contributed by atoms with Crippen molar-refractivity contribution in [2.24, 2.45) is 7.05 Å². The van der Waals surface area contributed by atoms with Crippen LogP contribution in [0.4, 0.5) is 5.95 Å². The van der Waals surface area contributed by atoms with Crippen LogP contribution in [-0.4, -0.2) is 25.9 Å². The van der Waals surface area contributed by atoms with Gasteiger partial charge in [-0.05, 0) is 38.2 Å². The molecule has 1 N–H and O–H groups in total. The van der Waals surface area contributed by atoms with E-state index in [4.69, 9.17) is 4.98 Å². The summed E-state index contributed by atoms with van der Waals surface area (Å²) in [6.07, 6.45) is 7.86. The number of rotatable bonds is 1. The van der Waals surface area contributed by atoms with Crippen molar-refractivity contribution in [1.29, 1.82) is 0 Å². The zero-order chi connectivity index (χ0) is 12.8. The second-order valence-corrected chi connectivity index (χ2v) is 5.52. The molecule has 0 radical (unpaired) electrons. The molecule has 2 aliphatic rings. The van der Waals surface area contributed by atoms with E-state index in [0.717, 1.165) is 25.3 Å². The van der Waals surface area contributed by atoms with E-state index < -0.39 is 0 Å². The minimum Gasteiger partial charge on any atom is -0.356 e. The van der Waals surface area contributed by atoms with Crippen molar-refractivity contribution in [1.82, 2.24) is 19.3 Å². The van der Waals surface area contributed by atoms with Gasteiger partial charge in [0.05, 0.1) is 17.4 Å². The van der Waals surface area contributed by atoms with Gasteiger partial charge in [0.15, 0.2) is 0 Å². The molecule has 2 aromatic rings. The van der Waals surface area contributed by atoms with Gasteiger partial charge in [0.1, 0.15) is 0 Å². The Kier molecular flexibility index (Phi) is 2.40. The van der Waals surface area contributed by atoms with Crippen molar-refractivity contribution in [2.45, 2.75) is 38.1 Å². The Morgan fingerprint density at radius 2 is 2.21 bits per heavy atom. The Morgan fingerprint density at radius 3 is 3.05 bits per heavy atom. The highest BCUT2D eigenvalue weighted by Gasteiger charge is 2.29. The summed E-state index contributed by atoms with van der Waals surface area (Å²) in [5.41, 5.74) is 4.04. The van der Waals surface area contributed by atoms with Gasteiger partial charge in [0.2, 0.25) is 5.95 Å². The zero-order valence-corrected chi connectivity index (χ0v) is 11.3. The van der Waals surface area contributed by atoms with Crippen LogP contribution in [-0.2, 0) is 19.9 Å². The molecule has 100 valence electrons. The fraction of sp³-hybridized carbons (Fsp3) is 0.571. The van der Waals surface area contributed by atoms with E-state index in [-0.39, 0.29) is 0 Å². The summed E-state index contributed by atoms with van der Waals surface area (Å²) in [6, 6.07) is 2.52. The first-order valence-corrected chi connectivity index (χ1v) is 7.16. The zero-order valence-electron chi connectivity index (χ0n) is 11.3. The lowest BCUT2D eigenvalue weighted by Crippen LogP contribution is -2.27. The monoisotopic (exact) mass is 257 g/mol. The minimum atomic E-state index is 0.387. The number of aromatic nitrogens is 4. The maximum Gasteiger partial charge on any atom is 0.203 e. The average Bonchev–Trinajstić information content (AvgIpc) is 3.01. The summed E-state index contributed by atoms with van der Waals surface area (Å²) in [5, 5.41) is 7.78. The average molecular weight is 257 g/mol. The Labute approximate surface area is 112 Å². The molecule has 4 rings (SSSR count). The van der Waals surface area contributed by atoms with Crippen molar-refractivity contribution in [3.8, 4) is 0 Å². The molecule has 3 heterocycles. The molecule has 0 amide bonds. The molecular formula is C14H19N5. The van der Waals surface area contributed by atoms with Crippen molar-refractivity contribution in [2.75, 3.05) is 11.9 Å². The summed E-state index contributed by atoms with van der Waals surface area (Å²) >= 11 is 0. The molecule has 1 unspecified atom stereocenters. The van der Waals surface area contributed by atoms with E-state index in [1.165, 1.54) is 36.3 Å². The number of nitrogens with one attached hydrogen (secondary N) is 1. The molecule has 1 aliphatic carbocycles. The molecule has 0 saturated carbocycles. The van der Waals surface area contributed by atoms with Gasteiger partial charge < -0.3 is 9.88 Å². The molecule has 1 aliphatic heterocycles. The largest absolute Gasteiger partial charge is 0.356 e. The standard InChI is InChI=1S/C14H19N5/c1-18-12(7-9-16-18)13-6-8-15-14-17-10-4-2-3-5-11(10)19(13)14/h7,9,13H,2-6,8H2,1H3,(H,15,17). The molecule has 0 bridgehead atoms. The number of hydrogen-bond acceptors (Lipinski definition) is 3. The van der Waals surface area contributed by atoms with Gasteiger partial charge in [-0.2, -0.15) is 5.10 Å². The molecule has 5 nitrogen and oxygen atoms in total. The number of aryl methyl sites for hydroxylation is 2. The maximum atomic E-state index is 4.80. The van der Waals surface area contributed by atoms with E-state index >= 15 is 0 Å². The van der Waals surface area contributed by atoms with Gasteiger partial charge in [-0.3, -0.25) is 4.68 Å². The summed E-state index contributed by atoms with van der Waals surface area (Å²) in [4.78, 5) is 4.80. The summed E-state index contributed by atoms with van der Waals surface area (Å²) < 4.78 is 4.42. The van der Waals surface area contributed by atoms with Crippen LogP contribution in [0.1, 0.15) is 42.4 Å². The third-order valence-corrected chi connectivity index (χ3v) is 4.38. The lowest BCUT2D eigenvalue weighted by atomic mass is 9.99. The van der Waals surface area contributed by atoms with Gasteiger partial charge in [-0.1, -0.05) is 0 Å². The highest BCUT2D eigenvalue weighted by molar-refractivity contribution is 5.40. The predicted octanol–water partition coefficient (Wildman–Crippen LogP) is 1.90. The topological polar surface area (TPSA) is 47.7 Å². The van der Waals surface area contributed by atoms with Crippen molar-refractivity contribution < 1.29 is 0 Å². The van der Waals surface area contributed by atoms with Gasteiger partial charge >= 0.3 is 0 Å². The van der Waals surface area contributed by atoms with Crippen LogP contribution in [0.15, 0.2) is 12.3 Å². The smallest absolute Gasteiger partial charge is 0.203 e. The molecule has 2 aromatic heterocycles. The SMILES string of the molecule is Cn1nccc1C1CCNc2nc3c(n21)CCCC3. The first-order chi connectivity index (χ1) is 9.34. The minimum absolute atomic E-state index is 0.387. The van der Waals surface area contributed by atoms with E-state index in [9.17, 15) is 0 Å². The van der Waals surface area contributed by atoms with Gasteiger partial charge in [0, 0.05) is 25.5 Å². The van der Waals surface area contributed by atoms with Crippen LogP contribution in [0, 0.1) is 0 Å². The van der Waals surface area contributed by atoms with Crippen LogP contribution in [0.3, 0.4) is 0 Å². The van der Waals surface area contributed by atoms with E-state index in [1.807, 2.05) is 17.9 Å². The number of imidazole rings is 1. The van der Waals surface area contributed by atoms with Gasteiger partial charge in [0.25, 0.3) is 0 Å². The quantitative estimate of drug-likeness (QED) is 0.849. The Bertz CT molecular complexity index is 609. The molecule has 0 saturated heterocycles. The highest BCUT2D eigenvalue weighted by Crippen LogP contribution is 2.35. The van der Waals surface area contributed by atoms with Crippen LogP contribution in [0.25, 0.3) is 0 Å². The molecule has 5 heteroatoms. The first kappa shape index (κ1) is 11.1. The number of fused-ring (bicyclic) bond motifs is 3. The number of nitrogens with zero attached hydrogens (tertiary/aromatic N) is 4. The molecule has 0 aromatic carbocycles. The normalized spacial score (nSPS) is 21.6. The van der Waals surface area contributed by atoms with Gasteiger partial charge in [-0.15, -0.1) is 0 Å². The summed E-state index contributed by atoms with van der Waals surface area (Å²) in [5.74, 6) is 1.06. The fourth-order valence-corrected chi connectivity index (χ4v) is 3.46. The van der Waals surface area contributed by atoms with E-state index in [0.29, 0.717) is 6.04 Å². The molecular weight excluding hydrogens is 238 g/mol. The first-order valence-electron chi connectivity index (χ1n) is 7.16. The molecule has 1 atom stereocenters. The molecule has 19 heavy (non-hydrogen) atoms. The highest BCUT2D eigenvalue weighted by atomic mass is 15.3. The molecule has 0 fully saturated rings. The summed E-state index contributed by atoms with van der Waals surface area (Å²) in [7, 11) is 2.03. The van der Waals surface area contributed by atoms with Crippen molar-refractivity contribution >= 4 is 5.95 Å². The second-order valence-electron chi connectivity index (χ2n) is 5.52. The van der Waals surface area contributed by atoms with Crippen molar-refractivity contribution in [3.63, 3.8) is 0 Å². The van der Waals surface area contributed by atoms with Crippen LogP contribution >= 0.6 is 0 Å². The Hall–Kier alpha value is -1.78. The van der Waals surface area contributed by atoms with E-state index in [1.54, 1.807) is 0 Å². The van der Waals surface area contributed by atoms with Crippen LogP contribution in [0.2, 0.25) is 0 Å². The third-order valence-electron chi connectivity index (χ3n) is 4.38. The number of hydrogen-bond donors (Lipinski definition) is 1. The number of anilines is 1.